The van der Waals surface area contributed by atoms with Crippen molar-refractivity contribution >= 4 is 33.9 Å². The van der Waals surface area contributed by atoms with E-state index in [4.69, 9.17) is 4.74 Å². The lowest BCUT2D eigenvalue weighted by Crippen LogP contribution is -2.08. The zero-order valence-corrected chi connectivity index (χ0v) is 15.5. The van der Waals surface area contributed by atoms with Crippen LogP contribution in [0.4, 0.5) is 17.1 Å². The van der Waals surface area contributed by atoms with E-state index in [9.17, 15) is 10.1 Å². The summed E-state index contributed by atoms with van der Waals surface area (Å²) in [7, 11) is 0. The van der Waals surface area contributed by atoms with Gasteiger partial charge in [-0.1, -0.05) is 12.1 Å². The first-order valence-electron chi connectivity index (χ1n) is 8.62. The Balaban J connectivity index is 2.20. The van der Waals surface area contributed by atoms with Gasteiger partial charge in [-0.3, -0.25) is 9.78 Å². The van der Waals surface area contributed by atoms with Gasteiger partial charge in [-0.2, -0.15) is 5.26 Å². The maximum Gasteiger partial charge on any atom is 0.221 e. The van der Waals surface area contributed by atoms with Crippen LogP contribution in [0.1, 0.15) is 25.0 Å². The van der Waals surface area contributed by atoms with E-state index in [2.05, 4.69) is 21.7 Å². The van der Waals surface area contributed by atoms with Crippen LogP contribution in [0.25, 0.3) is 10.9 Å². The minimum atomic E-state index is -0.201. The molecule has 1 heterocycles. The van der Waals surface area contributed by atoms with Crippen molar-refractivity contribution in [2.45, 2.75) is 20.8 Å². The van der Waals surface area contributed by atoms with Crippen LogP contribution < -0.4 is 15.4 Å². The van der Waals surface area contributed by atoms with E-state index in [1.54, 1.807) is 12.1 Å². The van der Waals surface area contributed by atoms with Crippen molar-refractivity contribution in [3.63, 3.8) is 0 Å². The third-order valence-electron chi connectivity index (χ3n) is 3.99. The topological polar surface area (TPSA) is 87.0 Å². The zero-order chi connectivity index (χ0) is 19.4. The third kappa shape index (κ3) is 3.98. The number of nitrogens with zero attached hydrogens (tertiary/aromatic N) is 2. The van der Waals surface area contributed by atoms with Gasteiger partial charge in [-0.15, -0.1) is 0 Å². The lowest BCUT2D eigenvalue weighted by Gasteiger charge is -2.16. The summed E-state index contributed by atoms with van der Waals surface area (Å²) in [5, 5.41) is 16.4. The number of carbonyl (C=O) groups excluding carboxylic acids is 1. The predicted octanol–water partition coefficient (Wildman–Crippen LogP) is 4.52. The summed E-state index contributed by atoms with van der Waals surface area (Å²) in [6.07, 6.45) is 1.54. The Hall–Kier alpha value is -3.59. The number of carbonyl (C=O) groups is 1. The highest BCUT2D eigenvalue weighted by molar-refractivity contribution is 6.01. The van der Waals surface area contributed by atoms with Crippen LogP contribution in [-0.2, 0) is 4.79 Å². The van der Waals surface area contributed by atoms with Crippen molar-refractivity contribution in [3.05, 3.63) is 53.7 Å². The van der Waals surface area contributed by atoms with E-state index in [1.807, 2.05) is 38.1 Å². The van der Waals surface area contributed by atoms with E-state index < -0.39 is 0 Å². The molecule has 0 saturated heterocycles. The molecule has 0 radical (unpaired) electrons. The summed E-state index contributed by atoms with van der Waals surface area (Å²) in [4.78, 5) is 16.0. The third-order valence-corrected chi connectivity index (χ3v) is 3.99. The smallest absolute Gasteiger partial charge is 0.221 e. The molecule has 0 saturated carbocycles. The van der Waals surface area contributed by atoms with Crippen molar-refractivity contribution in [3.8, 4) is 11.8 Å². The van der Waals surface area contributed by atoms with Gasteiger partial charge in [-0.05, 0) is 37.6 Å². The van der Waals surface area contributed by atoms with Gasteiger partial charge in [0.15, 0.2) is 0 Å². The Labute approximate surface area is 157 Å². The molecule has 0 aliphatic rings. The molecule has 6 nitrogen and oxygen atoms in total. The monoisotopic (exact) mass is 360 g/mol. The lowest BCUT2D eigenvalue weighted by atomic mass is 10.1. The van der Waals surface area contributed by atoms with Crippen LogP contribution in [0.3, 0.4) is 0 Å². The normalized spacial score (nSPS) is 10.3. The number of aryl methyl sites for hydroxylation is 1. The minimum absolute atomic E-state index is 0.201. The quantitative estimate of drug-likeness (QED) is 0.699. The first kappa shape index (κ1) is 18.2. The number of nitriles is 1. The summed E-state index contributed by atoms with van der Waals surface area (Å²) in [6.45, 7) is 5.78. The second kappa shape index (κ2) is 7.75. The molecule has 3 aromatic rings. The Morgan fingerprint density at radius 2 is 2.11 bits per heavy atom. The van der Waals surface area contributed by atoms with E-state index in [-0.39, 0.29) is 5.91 Å². The van der Waals surface area contributed by atoms with Crippen LogP contribution in [0.15, 0.2) is 42.6 Å². The molecular formula is C21H20N4O2. The number of amides is 1. The molecule has 2 aromatic carbocycles. The van der Waals surface area contributed by atoms with Crippen molar-refractivity contribution in [1.29, 1.82) is 5.26 Å². The highest BCUT2D eigenvalue weighted by Gasteiger charge is 2.14. The van der Waals surface area contributed by atoms with Crippen LogP contribution in [0, 0.1) is 18.3 Å². The maximum absolute atomic E-state index is 11.6. The van der Waals surface area contributed by atoms with Gasteiger partial charge >= 0.3 is 0 Å². The van der Waals surface area contributed by atoms with E-state index in [0.29, 0.717) is 34.8 Å². The van der Waals surface area contributed by atoms with Crippen molar-refractivity contribution in [2.24, 2.45) is 0 Å². The lowest BCUT2D eigenvalue weighted by molar-refractivity contribution is -0.114. The molecule has 3 rings (SSSR count). The number of ether oxygens (including phenoxy) is 1. The predicted molar refractivity (Wildman–Crippen MR) is 106 cm³/mol. The van der Waals surface area contributed by atoms with Gasteiger partial charge in [0.2, 0.25) is 5.91 Å². The Morgan fingerprint density at radius 1 is 1.30 bits per heavy atom. The number of nitrogens with one attached hydrogen (secondary N) is 2. The number of rotatable bonds is 5. The van der Waals surface area contributed by atoms with Crippen LogP contribution in [-0.4, -0.2) is 17.5 Å². The standard InChI is InChI=1S/C21H20N4O2/c1-4-27-20-10-18-17(9-19(20)24-14(3)26)21(15(11-22)12-23-18)25-16-7-5-6-13(2)8-16/h5-10,12H,4H2,1-3H3,(H,23,25)(H,24,26). The molecule has 0 aliphatic carbocycles. The molecule has 0 aliphatic heterocycles. The van der Waals surface area contributed by atoms with E-state index in [0.717, 1.165) is 16.6 Å². The van der Waals surface area contributed by atoms with Gasteiger partial charge < -0.3 is 15.4 Å². The Kier molecular flexibility index (Phi) is 5.23. The number of anilines is 3. The fourth-order valence-corrected chi connectivity index (χ4v) is 2.87. The first-order valence-corrected chi connectivity index (χ1v) is 8.62. The summed E-state index contributed by atoms with van der Waals surface area (Å²) < 4.78 is 5.64. The summed E-state index contributed by atoms with van der Waals surface area (Å²) in [6, 6.07) is 13.6. The van der Waals surface area contributed by atoms with Gasteiger partial charge in [0.05, 0.1) is 29.1 Å². The Morgan fingerprint density at radius 3 is 2.78 bits per heavy atom. The van der Waals surface area contributed by atoms with E-state index >= 15 is 0 Å². The SMILES string of the molecule is CCOc1cc2ncc(C#N)c(Nc3cccc(C)c3)c2cc1NC(C)=O. The first-order chi connectivity index (χ1) is 13.0. The summed E-state index contributed by atoms with van der Waals surface area (Å²) in [5.74, 6) is 0.340. The van der Waals surface area contributed by atoms with Crippen molar-refractivity contribution < 1.29 is 9.53 Å². The van der Waals surface area contributed by atoms with Gasteiger partial charge in [0.25, 0.3) is 0 Å². The fraction of sp³-hybridized carbons (Fsp3) is 0.190. The van der Waals surface area contributed by atoms with Crippen molar-refractivity contribution in [2.75, 3.05) is 17.2 Å². The average molecular weight is 360 g/mol. The number of hydrogen-bond donors (Lipinski definition) is 2. The highest BCUT2D eigenvalue weighted by Crippen LogP contribution is 2.36. The highest BCUT2D eigenvalue weighted by atomic mass is 16.5. The molecule has 0 atom stereocenters. The number of aromatic nitrogens is 1. The number of fused-ring (bicyclic) bond motifs is 1. The zero-order valence-electron chi connectivity index (χ0n) is 15.5. The number of hydrogen-bond acceptors (Lipinski definition) is 5. The van der Waals surface area contributed by atoms with Crippen LogP contribution >= 0.6 is 0 Å². The average Bonchev–Trinajstić information content (AvgIpc) is 2.62. The molecule has 0 bridgehead atoms. The molecule has 1 amide bonds. The molecule has 2 N–H and O–H groups in total. The van der Waals surface area contributed by atoms with Crippen molar-refractivity contribution in [1.82, 2.24) is 4.98 Å². The second-order valence-corrected chi connectivity index (χ2v) is 6.13. The molecule has 27 heavy (non-hydrogen) atoms. The number of benzene rings is 2. The van der Waals surface area contributed by atoms with Gasteiger partial charge in [0, 0.05) is 30.3 Å². The molecule has 0 unspecified atom stereocenters. The molecule has 0 fully saturated rings. The summed E-state index contributed by atoms with van der Waals surface area (Å²) in [5.41, 5.74) is 4.25. The fourth-order valence-electron chi connectivity index (χ4n) is 2.87. The van der Waals surface area contributed by atoms with Gasteiger partial charge in [0.1, 0.15) is 11.8 Å². The largest absolute Gasteiger partial charge is 0.492 e. The van der Waals surface area contributed by atoms with Crippen LogP contribution in [0.2, 0.25) is 0 Å². The molecule has 0 spiro atoms. The van der Waals surface area contributed by atoms with Gasteiger partial charge in [-0.25, -0.2) is 0 Å². The number of pyridine rings is 1. The Bertz CT molecular complexity index is 1050. The minimum Gasteiger partial charge on any atom is -0.492 e. The maximum atomic E-state index is 11.6. The molecule has 6 heteroatoms. The molecule has 136 valence electrons. The van der Waals surface area contributed by atoms with E-state index in [1.165, 1.54) is 13.1 Å². The molecular weight excluding hydrogens is 340 g/mol. The summed E-state index contributed by atoms with van der Waals surface area (Å²) >= 11 is 0. The second-order valence-electron chi connectivity index (χ2n) is 6.13. The van der Waals surface area contributed by atoms with Crippen LogP contribution in [0.5, 0.6) is 5.75 Å². The molecule has 1 aromatic heterocycles.